The number of rotatable bonds is 8. The van der Waals surface area contributed by atoms with E-state index in [2.05, 4.69) is 31.5 Å². The van der Waals surface area contributed by atoms with Crippen LogP contribution in [0.4, 0.5) is 4.39 Å². The van der Waals surface area contributed by atoms with Crippen molar-refractivity contribution in [1.29, 1.82) is 0 Å². The molecule has 0 saturated carbocycles. The van der Waals surface area contributed by atoms with Gasteiger partial charge in [0.25, 0.3) is 5.56 Å². The number of nitrogens with zero attached hydrogens (tertiary/aromatic N) is 5. The molecule has 0 unspecified atom stereocenters. The summed E-state index contributed by atoms with van der Waals surface area (Å²) >= 11 is 0. The lowest BCUT2D eigenvalue weighted by atomic mass is 10.0. The van der Waals surface area contributed by atoms with E-state index in [1.807, 2.05) is 26.0 Å². The smallest absolute Gasteiger partial charge is 0.252 e. The molecule has 0 bridgehead atoms. The molecule has 5 rings (SSSR count). The molecular formula is C26H29FN6O2. The summed E-state index contributed by atoms with van der Waals surface area (Å²) in [7, 11) is 0. The molecule has 1 saturated heterocycles. The van der Waals surface area contributed by atoms with E-state index in [0.717, 1.165) is 47.0 Å². The molecule has 8 nitrogen and oxygen atoms in total. The van der Waals surface area contributed by atoms with Crippen LogP contribution in [-0.4, -0.2) is 49.3 Å². The number of aromatic amines is 1. The van der Waals surface area contributed by atoms with Crippen molar-refractivity contribution in [2.24, 2.45) is 0 Å². The lowest BCUT2D eigenvalue weighted by molar-refractivity contribution is 0.0663. The fourth-order valence-electron chi connectivity index (χ4n) is 4.61. The quantitative estimate of drug-likeness (QED) is 0.419. The highest BCUT2D eigenvalue weighted by Crippen LogP contribution is 2.21. The van der Waals surface area contributed by atoms with Gasteiger partial charge in [0.2, 0.25) is 0 Å². The van der Waals surface area contributed by atoms with Crippen molar-refractivity contribution in [3.8, 4) is 0 Å². The number of benzene rings is 2. The topological polar surface area (TPSA) is 88.9 Å². The van der Waals surface area contributed by atoms with E-state index in [-0.39, 0.29) is 17.5 Å². The monoisotopic (exact) mass is 476 g/mol. The molecule has 0 spiro atoms. The largest absolute Gasteiger partial charge is 0.377 e. The Kier molecular flexibility index (Phi) is 6.70. The number of aromatic nitrogens is 5. The van der Waals surface area contributed by atoms with Crippen LogP contribution in [0.3, 0.4) is 0 Å². The number of hydrogen-bond acceptors (Lipinski definition) is 6. The molecule has 182 valence electrons. The van der Waals surface area contributed by atoms with Crippen LogP contribution in [0.15, 0.2) is 47.3 Å². The van der Waals surface area contributed by atoms with Crippen molar-refractivity contribution in [3.63, 3.8) is 0 Å². The summed E-state index contributed by atoms with van der Waals surface area (Å²) in [6.45, 7) is 6.84. The number of pyridine rings is 1. The molecule has 0 amide bonds. The number of hydrogen-bond donors (Lipinski definition) is 1. The van der Waals surface area contributed by atoms with Crippen LogP contribution in [0, 0.1) is 19.7 Å². The standard InChI is InChI=1S/C26H29FN6O2/c1-17-5-8-20-12-21(26(34)28-25(20)18(17)2)14-32(15-23-4-3-11-35-23)16-24-29-30-31-33(24)13-19-6-9-22(27)10-7-19/h5-10,12,23H,3-4,11,13-16H2,1-2H3,(H,28,34)/t23-/m0/s1. The molecule has 35 heavy (non-hydrogen) atoms. The van der Waals surface area contributed by atoms with Gasteiger partial charge < -0.3 is 9.72 Å². The predicted octanol–water partition coefficient (Wildman–Crippen LogP) is 3.50. The zero-order valence-electron chi connectivity index (χ0n) is 20.0. The second kappa shape index (κ2) is 10.1. The van der Waals surface area contributed by atoms with E-state index in [4.69, 9.17) is 4.74 Å². The van der Waals surface area contributed by atoms with Gasteiger partial charge in [-0.3, -0.25) is 9.69 Å². The van der Waals surface area contributed by atoms with Crippen LogP contribution in [-0.2, 0) is 24.4 Å². The Labute approximate surface area is 202 Å². The van der Waals surface area contributed by atoms with E-state index >= 15 is 0 Å². The molecule has 2 aromatic carbocycles. The minimum absolute atomic E-state index is 0.0885. The van der Waals surface area contributed by atoms with Gasteiger partial charge in [0, 0.05) is 25.3 Å². The highest BCUT2D eigenvalue weighted by molar-refractivity contribution is 5.83. The number of ether oxygens (including phenoxy) is 1. The third-order valence-corrected chi connectivity index (χ3v) is 6.72. The fraction of sp³-hybridized carbons (Fsp3) is 0.385. The maximum atomic E-state index is 13.3. The Hall–Kier alpha value is -3.43. The van der Waals surface area contributed by atoms with Crippen LogP contribution < -0.4 is 5.56 Å². The van der Waals surface area contributed by atoms with E-state index < -0.39 is 0 Å². The van der Waals surface area contributed by atoms with Crippen molar-refractivity contribution < 1.29 is 9.13 Å². The molecule has 1 aliphatic rings. The average molecular weight is 477 g/mol. The van der Waals surface area contributed by atoms with Gasteiger partial charge in [-0.1, -0.05) is 24.3 Å². The summed E-state index contributed by atoms with van der Waals surface area (Å²) in [5.74, 6) is 0.399. The van der Waals surface area contributed by atoms with Crippen molar-refractivity contribution >= 4 is 10.9 Å². The molecule has 0 radical (unpaired) electrons. The van der Waals surface area contributed by atoms with Crippen molar-refractivity contribution in [1.82, 2.24) is 30.1 Å². The van der Waals surface area contributed by atoms with E-state index in [9.17, 15) is 9.18 Å². The molecule has 3 heterocycles. The number of H-pyrrole nitrogens is 1. The summed E-state index contributed by atoms with van der Waals surface area (Å²) < 4.78 is 20.9. The zero-order chi connectivity index (χ0) is 24.4. The van der Waals surface area contributed by atoms with Crippen LogP contribution in [0.5, 0.6) is 0 Å². The van der Waals surface area contributed by atoms with Gasteiger partial charge in [-0.25, -0.2) is 9.07 Å². The van der Waals surface area contributed by atoms with Crippen LogP contribution in [0.1, 0.15) is 40.9 Å². The van der Waals surface area contributed by atoms with Gasteiger partial charge in [-0.15, -0.1) is 5.10 Å². The molecule has 1 fully saturated rings. The highest BCUT2D eigenvalue weighted by atomic mass is 19.1. The first-order valence-electron chi connectivity index (χ1n) is 11.9. The molecule has 1 aliphatic heterocycles. The van der Waals surface area contributed by atoms with Gasteiger partial charge in [-0.2, -0.15) is 0 Å². The van der Waals surface area contributed by atoms with Gasteiger partial charge in [-0.05, 0) is 77.4 Å². The Balaban J connectivity index is 1.40. The summed E-state index contributed by atoms with van der Waals surface area (Å²) in [5.41, 5.74) is 4.62. The number of fused-ring (bicyclic) bond motifs is 1. The fourth-order valence-corrected chi connectivity index (χ4v) is 4.61. The van der Waals surface area contributed by atoms with Crippen LogP contribution in [0.2, 0.25) is 0 Å². The SMILES string of the molecule is Cc1ccc2cc(CN(Cc3nnnn3Cc3ccc(F)cc3)C[C@@H]3CCCO3)c(=O)[nH]c2c1C. The maximum Gasteiger partial charge on any atom is 0.252 e. The number of halogens is 1. The zero-order valence-corrected chi connectivity index (χ0v) is 20.0. The lowest BCUT2D eigenvalue weighted by Crippen LogP contribution is -2.34. The van der Waals surface area contributed by atoms with Crippen molar-refractivity contribution in [3.05, 3.63) is 86.7 Å². The average Bonchev–Trinajstić information content (AvgIpc) is 3.51. The van der Waals surface area contributed by atoms with E-state index in [1.54, 1.807) is 16.8 Å². The number of aryl methyl sites for hydroxylation is 2. The Bertz CT molecular complexity index is 1380. The third-order valence-electron chi connectivity index (χ3n) is 6.72. The van der Waals surface area contributed by atoms with Crippen LogP contribution in [0.25, 0.3) is 10.9 Å². The number of tetrazole rings is 1. The van der Waals surface area contributed by atoms with E-state index in [1.165, 1.54) is 12.1 Å². The summed E-state index contributed by atoms with van der Waals surface area (Å²) in [6.07, 6.45) is 2.14. The van der Waals surface area contributed by atoms with Gasteiger partial charge in [0.1, 0.15) is 5.82 Å². The molecule has 1 N–H and O–H groups in total. The maximum absolute atomic E-state index is 13.3. The van der Waals surface area contributed by atoms with Gasteiger partial charge >= 0.3 is 0 Å². The minimum Gasteiger partial charge on any atom is -0.377 e. The van der Waals surface area contributed by atoms with Crippen molar-refractivity contribution in [2.45, 2.75) is 52.4 Å². The molecule has 4 aromatic rings. The minimum atomic E-state index is -0.278. The highest BCUT2D eigenvalue weighted by Gasteiger charge is 2.22. The molecular weight excluding hydrogens is 447 g/mol. The Morgan fingerprint density at radius 2 is 2.00 bits per heavy atom. The normalized spacial score (nSPS) is 15.9. The van der Waals surface area contributed by atoms with E-state index in [0.29, 0.717) is 37.6 Å². The van der Waals surface area contributed by atoms with Gasteiger partial charge in [0.15, 0.2) is 5.82 Å². The first kappa shape index (κ1) is 23.3. The second-order valence-corrected chi connectivity index (χ2v) is 9.28. The van der Waals surface area contributed by atoms with Crippen molar-refractivity contribution in [2.75, 3.05) is 13.2 Å². The summed E-state index contributed by atoms with van der Waals surface area (Å²) in [5, 5.41) is 13.3. The molecule has 2 aromatic heterocycles. The first-order chi connectivity index (χ1) is 17.0. The molecule has 0 aliphatic carbocycles. The number of nitrogens with one attached hydrogen (secondary N) is 1. The second-order valence-electron chi connectivity index (χ2n) is 9.28. The van der Waals surface area contributed by atoms with Gasteiger partial charge in [0.05, 0.1) is 24.7 Å². The third kappa shape index (κ3) is 5.31. The molecule has 9 heteroatoms. The predicted molar refractivity (Wildman–Crippen MR) is 130 cm³/mol. The first-order valence-corrected chi connectivity index (χ1v) is 11.9. The van der Waals surface area contributed by atoms with Crippen LogP contribution >= 0.6 is 0 Å². The Morgan fingerprint density at radius 3 is 2.77 bits per heavy atom. The summed E-state index contributed by atoms with van der Waals surface area (Å²) in [4.78, 5) is 18.3. The molecule has 1 atom stereocenters. The Morgan fingerprint density at radius 1 is 1.17 bits per heavy atom. The lowest BCUT2D eigenvalue weighted by Gasteiger charge is -2.24. The summed E-state index contributed by atoms with van der Waals surface area (Å²) in [6, 6.07) is 12.4.